The van der Waals surface area contributed by atoms with Crippen LogP contribution < -0.4 is 0 Å². The van der Waals surface area contributed by atoms with E-state index in [1.54, 1.807) is 0 Å². The maximum absolute atomic E-state index is 12.5. The van der Waals surface area contributed by atoms with Crippen molar-refractivity contribution in [2.24, 2.45) is 0 Å². The van der Waals surface area contributed by atoms with E-state index in [4.69, 9.17) is 0 Å². The molecule has 80 valence electrons. The van der Waals surface area contributed by atoms with Crippen LogP contribution in [0.15, 0.2) is 36.4 Å². The van der Waals surface area contributed by atoms with Crippen molar-refractivity contribution in [1.82, 2.24) is 0 Å². The van der Waals surface area contributed by atoms with Gasteiger partial charge in [0.05, 0.1) is 5.56 Å². The first kappa shape index (κ1) is 11.5. The lowest BCUT2D eigenvalue weighted by molar-refractivity contribution is -0.137. The van der Waals surface area contributed by atoms with Gasteiger partial charge in [0.15, 0.2) is 5.78 Å². The number of halogens is 3. The fraction of sp³-hybridized carbons (Fsp3) is 0.182. The van der Waals surface area contributed by atoms with Gasteiger partial charge in [0.2, 0.25) is 0 Å². The summed E-state index contributed by atoms with van der Waals surface area (Å²) in [5, 5.41) is 0. The highest BCUT2D eigenvalue weighted by atomic mass is 19.4. The van der Waals surface area contributed by atoms with E-state index in [0.29, 0.717) is 0 Å². The van der Waals surface area contributed by atoms with E-state index in [2.05, 4.69) is 6.58 Å². The Kier molecular flexibility index (Phi) is 2.98. The Bertz CT molecular complexity index is 405. The van der Waals surface area contributed by atoms with E-state index in [1.807, 2.05) is 0 Å². The highest BCUT2D eigenvalue weighted by Crippen LogP contribution is 2.32. The zero-order valence-electron chi connectivity index (χ0n) is 8.06. The molecule has 1 rings (SSSR count). The first-order chi connectivity index (χ1) is 6.84. The molecule has 1 aromatic carbocycles. The number of carbonyl (C=O) groups is 1. The lowest BCUT2D eigenvalue weighted by Crippen LogP contribution is -2.13. The largest absolute Gasteiger partial charge is 0.417 e. The summed E-state index contributed by atoms with van der Waals surface area (Å²) in [4.78, 5) is 11.4. The minimum absolute atomic E-state index is 0.0895. The molecule has 0 aliphatic rings. The van der Waals surface area contributed by atoms with Crippen LogP contribution in [0.1, 0.15) is 22.8 Å². The molecule has 0 amide bonds. The van der Waals surface area contributed by atoms with E-state index >= 15 is 0 Å². The molecule has 1 aromatic rings. The van der Waals surface area contributed by atoms with Crippen LogP contribution in [0.3, 0.4) is 0 Å². The normalized spacial score (nSPS) is 11.2. The number of hydrogen-bond donors (Lipinski definition) is 0. The van der Waals surface area contributed by atoms with E-state index < -0.39 is 17.5 Å². The van der Waals surface area contributed by atoms with Gasteiger partial charge in [-0.1, -0.05) is 24.8 Å². The summed E-state index contributed by atoms with van der Waals surface area (Å²) in [6, 6.07) is 4.68. The Balaban J connectivity index is 3.31. The number of benzene rings is 1. The molecule has 0 atom stereocenters. The average molecular weight is 214 g/mol. The van der Waals surface area contributed by atoms with Crippen molar-refractivity contribution in [1.29, 1.82) is 0 Å². The smallest absolute Gasteiger partial charge is 0.289 e. The summed E-state index contributed by atoms with van der Waals surface area (Å²) in [6.45, 7) is 4.72. The first-order valence-corrected chi connectivity index (χ1v) is 4.20. The van der Waals surface area contributed by atoms with Crippen molar-refractivity contribution < 1.29 is 18.0 Å². The zero-order valence-corrected chi connectivity index (χ0v) is 8.06. The molecular formula is C11H9F3O. The van der Waals surface area contributed by atoms with Gasteiger partial charge in [-0.2, -0.15) is 13.2 Å². The first-order valence-electron chi connectivity index (χ1n) is 4.20. The summed E-state index contributed by atoms with van der Waals surface area (Å²) in [5.74, 6) is -0.678. The SMILES string of the molecule is C=C(C)C(=O)c1ccccc1C(F)(F)F. The molecule has 0 saturated heterocycles. The van der Waals surface area contributed by atoms with Gasteiger partial charge in [0, 0.05) is 5.56 Å². The fourth-order valence-corrected chi connectivity index (χ4v) is 1.16. The number of hydrogen-bond acceptors (Lipinski definition) is 1. The molecule has 0 spiro atoms. The standard InChI is InChI=1S/C11H9F3O/c1-7(2)10(15)8-5-3-4-6-9(8)11(12,13)14/h3-6H,1H2,2H3. The molecule has 0 radical (unpaired) electrons. The maximum atomic E-state index is 12.5. The summed E-state index contributed by atoms with van der Waals surface area (Å²) < 4.78 is 37.5. The lowest BCUT2D eigenvalue weighted by atomic mass is 10.00. The molecule has 0 saturated carbocycles. The Morgan fingerprint density at radius 3 is 2.27 bits per heavy atom. The molecule has 0 unspecified atom stereocenters. The van der Waals surface area contributed by atoms with Crippen LogP contribution in [0.4, 0.5) is 13.2 Å². The number of rotatable bonds is 2. The van der Waals surface area contributed by atoms with Gasteiger partial charge in [-0.25, -0.2) is 0 Å². The van der Waals surface area contributed by atoms with Gasteiger partial charge in [0.25, 0.3) is 0 Å². The summed E-state index contributed by atoms with van der Waals surface area (Å²) in [6.07, 6.45) is -4.51. The number of allylic oxidation sites excluding steroid dienone is 1. The molecule has 0 N–H and O–H groups in total. The van der Waals surface area contributed by atoms with Gasteiger partial charge in [-0.05, 0) is 18.6 Å². The Morgan fingerprint density at radius 1 is 1.27 bits per heavy atom. The quantitative estimate of drug-likeness (QED) is 0.544. The fourth-order valence-electron chi connectivity index (χ4n) is 1.16. The van der Waals surface area contributed by atoms with Crippen LogP contribution in [0.2, 0.25) is 0 Å². The minimum atomic E-state index is -4.51. The lowest BCUT2D eigenvalue weighted by Gasteiger charge is -2.11. The number of alkyl halides is 3. The molecule has 0 aliphatic carbocycles. The third-order valence-corrected chi connectivity index (χ3v) is 1.86. The van der Waals surface area contributed by atoms with Gasteiger partial charge >= 0.3 is 6.18 Å². The minimum Gasteiger partial charge on any atom is -0.289 e. The van der Waals surface area contributed by atoms with Crippen LogP contribution in [0, 0.1) is 0 Å². The molecule has 0 fully saturated rings. The van der Waals surface area contributed by atoms with E-state index in [-0.39, 0.29) is 11.1 Å². The Morgan fingerprint density at radius 2 is 1.80 bits per heavy atom. The summed E-state index contributed by atoms with van der Waals surface area (Å²) in [5.41, 5.74) is -1.18. The van der Waals surface area contributed by atoms with Crippen LogP contribution in [-0.2, 0) is 6.18 Å². The number of ketones is 1. The third kappa shape index (κ3) is 2.46. The molecule has 1 nitrogen and oxygen atoms in total. The van der Waals surface area contributed by atoms with Gasteiger partial charge in [-0.15, -0.1) is 0 Å². The predicted molar refractivity (Wildman–Crippen MR) is 50.6 cm³/mol. The van der Waals surface area contributed by atoms with Crippen molar-refractivity contribution in [2.45, 2.75) is 13.1 Å². The van der Waals surface area contributed by atoms with Crippen LogP contribution in [0.5, 0.6) is 0 Å². The van der Waals surface area contributed by atoms with E-state index in [1.165, 1.54) is 19.1 Å². The van der Waals surface area contributed by atoms with Gasteiger partial charge in [-0.3, -0.25) is 4.79 Å². The Hall–Kier alpha value is -1.58. The second kappa shape index (κ2) is 3.88. The monoisotopic (exact) mass is 214 g/mol. The molecule has 15 heavy (non-hydrogen) atoms. The molecule has 0 aromatic heterocycles. The number of carbonyl (C=O) groups excluding carboxylic acids is 1. The van der Waals surface area contributed by atoms with E-state index in [9.17, 15) is 18.0 Å². The number of Topliss-reactive ketones (excluding diaryl/α,β-unsaturated/α-hetero) is 1. The second-order valence-electron chi connectivity index (χ2n) is 3.15. The molecule has 4 heteroatoms. The Labute approximate surface area is 85.2 Å². The van der Waals surface area contributed by atoms with Crippen LogP contribution in [0.25, 0.3) is 0 Å². The predicted octanol–water partition coefficient (Wildman–Crippen LogP) is 3.46. The molecule has 0 bridgehead atoms. The van der Waals surface area contributed by atoms with Crippen molar-refractivity contribution >= 4 is 5.78 Å². The van der Waals surface area contributed by atoms with Crippen molar-refractivity contribution in [2.75, 3.05) is 0 Å². The maximum Gasteiger partial charge on any atom is 0.417 e. The van der Waals surface area contributed by atoms with Crippen LogP contribution >= 0.6 is 0 Å². The highest BCUT2D eigenvalue weighted by molar-refractivity contribution is 6.08. The van der Waals surface area contributed by atoms with Crippen LogP contribution in [-0.4, -0.2) is 5.78 Å². The van der Waals surface area contributed by atoms with Crippen molar-refractivity contribution in [3.63, 3.8) is 0 Å². The second-order valence-corrected chi connectivity index (χ2v) is 3.15. The average Bonchev–Trinajstić information content (AvgIpc) is 2.15. The molecule has 0 heterocycles. The van der Waals surface area contributed by atoms with E-state index in [0.717, 1.165) is 12.1 Å². The molecule has 0 aliphatic heterocycles. The van der Waals surface area contributed by atoms with Crippen molar-refractivity contribution in [3.8, 4) is 0 Å². The molecular weight excluding hydrogens is 205 g/mol. The van der Waals surface area contributed by atoms with Gasteiger partial charge < -0.3 is 0 Å². The summed E-state index contributed by atoms with van der Waals surface area (Å²) in [7, 11) is 0. The van der Waals surface area contributed by atoms with Gasteiger partial charge in [0.1, 0.15) is 0 Å². The summed E-state index contributed by atoms with van der Waals surface area (Å²) >= 11 is 0. The van der Waals surface area contributed by atoms with Crippen molar-refractivity contribution in [3.05, 3.63) is 47.5 Å². The zero-order chi connectivity index (χ0) is 11.6. The topological polar surface area (TPSA) is 17.1 Å². The highest BCUT2D eigenvalue weighted by Gasteiger charge is 2.34. The third-order valence-electron chi connectivity index (χ3n) is 1.86.